The Bertz CT molecular complexity index is 948. The summed E-state index contributed by atoms with van der Waals surface area (Å²) < 4.78 is 15.4. The summed E-state index contributed by atoms with van der Waals surface area (Å²) in [6.07, 6.45) is 5.46. The van der Waals surface area contributed by atoms with Crippen LogP contribution in [0.3, 0.4) is 0 Å². The monoisotopic (exact) mass is 392 g/mol. The number of rotatable bonds is 6. The fourth-order valence-electron chi connectivity index (χ4n) is 3.87. The molecule has 3 aromatic rings. The van der Waals surface area contributed by atoms with Crippen molar-refractivity contribution in [1.82, 2.24) is 14.7 Å². The number of likely N-dealkylation sites (tertiary alicyclic amines) is 1. The fraction of sp³-hybridized carbons (Fsp3) is 0.304. The Morgan fingerprint density at radius 1 is 1.07 bits per heavy atom. The van der Waals surface area contributed by atoms with Crippen LogP contribution in [0.5, 0.6) is 0 Å². The van der Waals surface area contributed by atoms with Gasteiger partial charge in [0.15, 0.2) is 0 Å². The number of carbonyl (C=O) groups is 1. The van der Waals surface area contributed by atoms with Crippen LogP contribution in [0.4, 0.5) is 10.1 Å². The first-order valence-corrected chi connectivity index (χ1v) is 10.0. The van der Waals surface area contributed by atoms with Crippen LogP contribution >= 0.6 is 0 Å². The van der Waals surface area contributed by atoms with Gasteiger partial charge in [0.1, 0.15) is 5.82 Å². The molecule has 1 aliphatic rings. The SMILES string of the molecule is O=C(CN1CCC(c2ccccc2)CC1)Nc1cnn(Cc2ccccc2F)c1. The number of hydrogen-bond acceptors (Lipinski definition) is 3. The summed E-state index contributed by atoms with van der Waals surface area (Å²) in [7, 11) is 0. The van der Waals surface area contributed by atoms with Crippen molar-refractivity contribution in [2.24, 2.45) is 0 Å². The number of carbonyl (C=O) groups excluding carboxylic acids is 1. The number of amides is 1. The van der Waals surface area contributed by atoms with Crippen molar-refractivity contribution in [1.29, 1.82) is 0 Å². The Kier molecular flexibility index (Phi) is 6.00. The van der Waals surface area contributed by atoms with E-state index in [-0.39, 0.29) is 11.7 Å². The smallest absolute Gasteiger partial charge is 0.238 e. The Morgan fingerprint density at radius 2 is 1.79 bits per heavy atom. The summed E-state index contributed by atoms with van der Waals surface area (Å²) in [6.45, 7) is 2.54. The largest absolute Gasteiger partial charge is 0.322 e. The van der Waals surface area contributed by atoms with Crippen molar-refractivity contribution in [2.75, 3.05) is 25.0 Å². The van der Waals surface area contributed by atoms with Crippen molar-refractivity contribution in [2.45, 2.75) is 25.3 Å². The first kappa shape index (κ1) is 19.3. The lowest BCUT2D eigenvalue weighted by Gasteiger charge is -2.31. The van der Waals surface area contributed by atoms with E-state index < -0.39 is 0 Å². The molecule has 150 valence electrons. The fourth-order valence-corrected chi connectivity index (χ4v) is 3.87. The minimum Gasteiger partial charge on any atom is -0.322 e. The predicted molar refractivity (Wildman–Crippen MR) is 111 cm³/mol. The molecule has 29 heavy (non-hydrogen) atoms. The van der Waals surface area contributed by atoms with E-state index >= 15 is 0 Å². The van der Waals surface area contributed by atoms with E-state index in [4.69, 9.17) is 0 Å². The van der Waals surface area contributed by atoms with Gasteiger partial charge in [-0.3, -0.25) is 14.4 Å². The maximum absolute atomic E-state index is 13.8. The van der Waals surface area contributed by atoms with Crippen LogP contribution in [0.15, 0.2) is 67.0 Å². The van der Waals surface area contributed by atoms with Crippen LogP contribution < -0.4 is 5.32 Å². The highest BCUT2D eigenvalue weighted by Crippen LogP contribution is 2.27. The second-order valence-electron chi connectivity index (χ2n) is 7.53. The van der Waals surface area contributed by atoms with Crippen LogP contribution in [-0.2, 0) is 11.3 Å². The zero-order chi connectivity index (χ0) is 20.1. The van der Waals surface area contributed by atoms with Gasteiger partial charge in [-0.15, -0.1) is 0 Å². The molecule has 1 fully saturated rings. The molecule has 0 bridgehead atoms. The maximum atomic E-state index is 13.8. The number of benzene rings is 2. The van der Waals surface area contributed by atoms with Gasteiger partial charge in [-0.25, -0.2) is 4.39 Å². The number of anilines is 1. The molecular weight excluding hydrogens is 367 g/mol. The van der Waals surface area contributed by atoms with Crippen molar-refractivity contribution in [3.63, 3.8) is 0 Å². The average Bonchev–Trinajstić information content (AvgIpc) is 3.17. The van der Waals surface area contributed by atoms with Crippen LogP contribution in [-0.4, -0.2) is 40.2 Å². The normalized spacial score (nSPS) is 15.3. The predicted octanol–water partition coefficient (Wildman–Crippen LogP) is 3.89. The van der Waals surface area contributed by atoms with Crippen LogP contribution in [0, 0.1) is 5.82 Å². The van der Waals surface area contributed by atoms with Crippen LogP contribution in [0.25, 0.3) is 0 Å². The van der Waals surface area contributed by atoms with Gasteiger partial charge in [0.25, 0.3) is 0 Å². The number of nitrogens with zero attached hydrogens (tertiary/aromatic N) is 3. The molecular formula is C23H25FN4O. The first-order chi connectivity index (χ1) is 14.2. The molecule has 0 unspecified atom stereocenters. The number of piperidine rings is 1. The van der Waals surface area contributed by atoms with Crippen molar-refractivity contribution in [3.8, 4) is 0 Å². The summed E-state index contributed by atoms with van der Waals surface area (Å²) >= 11 is 0. The molecule has 0 radical (unpaired) electrons. The Hall–Kier alpha value is -2.99. The lowest BCUT2D eigenvalue weighted by Crippen LogP contribution is -2.38. The second kappa shape index (κ2) is 9.01. The topological polar surface area (TPSA) is 50.2 Å². The van der Waals surface area contributed by atoms with E-state index in [1.54, 1.807) is 35.3 Å². The van der Waals surface area contributed by atoms with E-state index in [1.807, 2.05) is 6.07 Å². The quantitative estimate of drug-likeness (QED) is 0.692. The third-order valence-electron chi connectivity index (χ3n) is 5.43. The first-order valence-electron chi connectivity index (χ1n) is 10.0. The van der Waals surface area contributed by atoms with E-state index in [1.165, 1.54) is 11.6 Å². The Morgan fingerprint density at radius 3 is 2.55 bits per heavy atom. The molecule has 2 aromatic carbocycles. The van der Waals surface area contributed by atoms with Gasteiger partial charge in [-0.1, -0.05) is 48.5 Å². The molecule has 2 heterocycles. The van der Waals surface area contributed by atoms with Gasteiger partial charge in [0.05, 0.1) is 25.0 Å². The van der Waals surface area contributed by atoms with Gasteiger partial charge in [0, 0.05) is 11.8 Å². The molecule has 1 N–H and O–H groups in total. The second-order valence-corrected chi connectivity index (χ2v) is 7.53. The zero-order valence-electron chi connectivity index (χ0n) is 16.3. The highest BCUT2D eigenvalue weighted by molar-refractivity contribution is 5.91. The van der Waals surface area contributed by atoms with Crippen molar-refractivity contribution in [3.05, 3.63) is 83.9 Å². The molecule has 1 saturated heterocycles. The molecule has 4 rings (SSSR count). The van der Waals surface area contributed by atoms with E-state index in [2.05, 4.69) is 39.6 Å². The summed E-state index contributed by atoms with van der Waals surface area (Å²) in [5.41, 5.74) is 2.58. The lowest BCUT2D eigenvalue weighted by molar-refractivity contribution is -0.117. The molecule has 0 spiro atoms. The van der Waals surface area contributed by atoms with E-state index in [0.29, 0.717) is 30.3 Å². The molecule has 6 heteroatoms. The van der Waals surface area contributed by atoms with Gasteiger partial charge in [-0.05, 0) is 43.5 Å². The standard InChI is InChI=1S/C23H25FN4O/c24-22-9-5-4-8-20(22)15-28-16-21(14-25-28)26-23(29)17-27-12-10-19(11-13-27)18-6-2-1-3-7-18/h1-9,14,16,19H,10-13,15,17H2,(H,26,29). The minimum absolute atomic E-state index is 0.0476. The zero-order valence-corrected chi connectivity index (χ0v) is 16.3. The number of nitrogens with one attached hydrogen (secondary N) is 1. The third kappa shape index (κ3) is 5.09. The van der Waals surface area contributed by atoms with Crippen LogP contribution in [0.2, 0.25) is 0 Å². The van der Waals surface area contributed by atoms with E-state index in [9.17, 15) is 9.18 Å². The summed E-state index contributed by atoms with van der Waals surface area (Å²) in [5.74, 6) is 0.271. The molecule has 1 amide bonds. The van der Waals surface area contributed by atoms with Crippen molar-refractivity contribution < 1.29 is 9.18 Å². The molecule has 1 aromatic heterocycles. The molecule has 0 aliphatic carbocycles. The maximum Gasteiger partial charge on any atom is 0.238 e. The van der Waals surface area contributed by atoms with Gasteiger partial charge >= 0.3 is 0 Å². The summed E-state index contributed by atoms with van der Waals surface area (Å²) in [4.78, 5) is 14.6. The highest BCUT2D eigenvalue weighted by atomic mass is 19.1. The highest BCUT2D eigenvalue weighted by Gasteiger charge is 2.22. The van der Waals surface area contributed by atoms with E-state index in [0.717, 1.165) is 25.9 Å². The Labute approximate surface area is 170 Å². The van der Waals surface area contributed by atoms with Crippen LogP contribution in [0.1, 0.15) is 29.9 Å². The minimum atomic E-state index is -0.257. The number of halogens is 1. The molecule has 5 nitrogen and oxygen atoms in total. The van der Waals surface area contributed by atoms with Crippen molar-refractivity contribution >= 4 is 11.6 Å². The summed E-state index contributed by atoms with van der Waals surface area (Å²) in [6, 6.07) is 17.2. The van der Waals surface area contributed by atoms with Gasteiger partial charge in [0.2, 0.25) is 5.91 Å². The Balaban J connectivity index is 1.25. The van der Waals surface area contributed by atoms with Gasteiger partial charge < -0.3 is 5.32 Å². The number of aromatic nitrogens is 2. The average molecular weight is 392 g/mol. The molecule has 0 atom stereocenters. The molecule has 0 saturated carbocycles. The van der Waals surface area contributed by atoms with Gasteiger partial charge in [-0.2, -0.15) is 5.10 Å². The molecule has 1 aliphatic heterocycles. The lowest BCUT2D eigenvalue weighted by atomic mass is 9.89. The number of hydrogen-bond donors (Lipinski definition) is 1. The summed E-state index contributed by atoms with van der Waals surface area (Å²) in [5, 5.41) is 7.11. The third-order valence-corrected chi connectivity index (χ3v) is 5.43.